The number of H-pyrrole nitrogens is 1. The van der Waals surface area contributed by atoms with Crippen molar-refractivity contribution >= 4 is 32.9 Å². The maximum atomic E-state index is 12.2. The van der Waals surface area contributed by atoms with Crippen molar-refractivity contribution in [1.29, 1.82) is 0 Å². The zero-order valence-electron chi connectivity index (χ0n) is 14.4. The van der Waals surface area contributed by atoms with Crippen LogP contribution < -0.4 is 10.9 Å². The summed E-state index contributed by atoms with van der Waals surface area (Å²) in [5.41, 5.74) is 6.02. The molecule has 0 aliphatic heterocycles. The molecule has 0 spiro atoms. The number of aromatic nitrogens is 3. The van der Waals surface area contributed by atoms with Crippen LogP contribution in [-0.4, -0.2) is 54.0 Å². The van der Waals surface area contributed by atoms with Crippen LogP contribution >= 0.6 is 0 Å². The summed E-state index contributed by atoms with van der Waals surface area (Å²) < 4.78 is 25.4. The van der Waals surface area contributed by atoms with Crippen molar-refractivity contribution in [3.8, 4) is 0 Å². The van der Waals surface area contributed by atoms with Crippen LogP contribution in [0.4, 0.5) is 0 Å². The normalized spacial score (nSPS) is 11.5. The molecule has 3 aromatic rings. The van der Waals surface area contributed by atoms with E-state index in [0.717, 1.165) is 4.31 Å². The van der Waals surface area contributed by atoms with E-state index in [0.29, 0.717) is 11.0 Å². The Morgan fingerprint density at radius 1 is 0.926 bits per heavy atom. The van der Waals surface area contributed by atoms with Crippen LogP contribution in [0.5, 0.6) is 0 Å². The van der Waals surface area contributed by atoms with Gasteiger partial charge in [0, 0.05) is 25.2 Å². The molecule has 1 aromatic heterocycles. The molecule has 27 heavy (non-hydrogen) atoms. The second-order valence-electron chi connectivity index (χ2n) is 5.75. The van der Waals surface area contributed by atoms with Crippen LogP contribution in [-0.2, 0) is 10.0 Å². The Kier molecular flexibility index (Phi) is 4.88. The fraction of sp³-hybridized carbons (Fsp3) is 0.125. The average Bonchev–Trinajstić information content (AvgIpc) is 3.13. The summed E-state index contributed by atoms with van der Waals surface area (Å²) in [6.45, 7) is 0. The van der Waals surface area contributed by atoms with Crippen LogP contribution in [0.1, 0.15) is 20.7 Å². The summed E-state index contributed by atoms with van der Waals surface area (Å²) in [7, 11) is -0.879. The number of nitrogens with zero attached hydrogens (tertiary/aromatic N) is 3. The topological polar surface area (TPSA) is 137 Å². The van der Waals surface area contributed by atoms with E-state index >= 15 is 0 Å². The van der Waals surface area contributed by atoms with Crippen LogP contribution in [0, 0.1) is 0 Å². The van der Waals surface area contributed by atoms with Gasteiger partial charge in [0.15, 0.2) is 0 Å². The molecule has 3 rings (SSSR count). The van der Waals surface area contributed by atoms with Gasteiger partial charge >= 0.3 is 0 Å². The fourth-order valence-corrected chi connectivity index (χ4v) is 3.20. The quantitative estimate of drug-likeness (QED) is 0.549. The standard InChI is InChI=1S/C16H16N6O4S/c1-22(2)27(25,26)12-5-3-4-10(8-12)15(23)19-20-16(24)11-6-7-13-14(9-11)18-21-17-13/h3-9H,1-2H3,(H,19,23)(H,20,24)(H,17,18,21). The molecule has 0 aliphatic carbocycles. The average molecular weight is 388 g/mol. The number of nitrogens with one attached hydrogen (secondary N) is 3. The summed E-state index contributed by atoms with van der Waals surface area (Å²) in [5.74, 6) is -1.20. The summed E-state index contributed by atoms with van der Waals surface area (Å²) in [4.78, 5) is 24.4. The second-order valence-corrected chi connectivity index (χ2v) is 7.90. The zero-order chi connectivity index (χ0) is 19.6. The maximum absolute atomic E-state index is 12.2. The maximum Gasteiger partial charge on any atom is 0.269 e. The highest BCUT2D eigenvalue weighted by molar-refractivity contribution is 7.89. The summed E-state index contributed by atoms with van der Waals surface area (Å²) in [6.07, 6.45) is 0. The number of hydrazine groups is 1. The molecule has 0 bridgehead atoms. The summed E-state index contributed by atoms with van der Waals surface area (Å²) in [5, 5.41) is 10.2. The van der Waals surface area contributed by atoms with Crippen molar-refractivity contribution in [3.05, 3.63) is 53.6 Å². The monoisotopic (exact) mass is 388 g/mol. The van der Waals surface area contributed by atoms with Gasteiger partial charge in [0.25, 0.3) is 11.8 Å². The third-order valence-electron chi connectivity index (χ3n) is 3.74. The highest BCUT2D eigenvalue weighted by Gasteiger charge is 2.19. The van der Waals surface area contributed by atoms with E-state index in [1.807, 2.05) is 0 Å². The van der Waals surface area contributed by atoms with Gasteiger partial charge in [-0.25, -0.2) is 12.7 Å². The van der Waals surface area contributed by atoms with Crippen molar-refractivity contribution in [2.24, 2.45) is 0 Å². The van der Waals surface area contributed by atoms with Crippen molar-refractivity contribution in [2.45, 2.75) is 4.90 Å². The van der Waals surface area contributed by atoms with Gasteiger partial charge in [-0.15, -0.1) is 0 Å². The minimum absolute atomic E-state index is 0.0250. The number of hydrogen-bond donors (Lipinski definition) is 3. The number of fused-ring (bicyclic) bond motifs is 1. The SMILES string of the molecule is CN(C)S(=O)(=O)c1cccc(C(=O)NNC(=O)c2ccc3n[nH]nc3c2)c1. The molecule has 0 saturated heterocycles. The Bertz CT molecular complexity index is 1120. The largest absolute Gasteiger partial charge is 0.269 e. The van der Waals surface area contributed by atoms with Gasteiger partial charge in [-0.05, 0) is 36.4 Å². The van der Waals surface area contributed by atoms with Gasteiger partial charge in [0.05, 0.1) is 4.90 Å². The van der Waals surface area contributed by atoms with Crippen molar-refractivity contribution in [2.75, 3.05) is 14.1 Å². The first-order valence-corrected chi connectivity index (χ1v) is 9.17. The van der Waals surface area contributed by atoms with Gasteiger partial charge in [-0.2, -0.15) is 15.4 Å². The van der Waals surface area contributed by atoms with Crippen LogP contribution in [0.3, 0.4) is 0 Å². The minimum Gasteiger partial charge on any atom is -0.267 e. The van der Waals surface area contributed by atoms with Gasteiger partial charge in [-0.3, -0.25) is 20.4 Å². The Morgan fingerprint density at radius 3 is 2.22 bits per heavy atom. The number of rotatable bonds is 4. The van der Waals surface area contributed by atoms with E-state index in [9.17, 15) is 18.0 Å². The fourth-order valence-electron chi connectivity index (χ4n) is 2.25. The smallest absolute Gasteiger partial charge is 0.267 e. The molecule has 0 saturated carbocycles. The summed E-state index contributed by atoms with van der Waals surface area (Å²) in [6, 6.07) is 10.2. The lowest BCUT2D eigenvalue weighted by Gasteiger charge is -2.12. The lowest BCUT2D eigenvalue weighted by Crippen LogP contribution is -2.41. The van der Waals surface area contributed by atoms with Crippen LogP contribution in [0.2, 0.25) is 0 Å². The Balaban J connectivity index is 1.71. The van der Waals surface area contributed by atoms with E-state index in [1.54, 1.807) is 6.07 Å². The van der Waals surface area contributed by atoms with E-state index in [2.05, 4.69) is 26.3 Å². The highest BCUT2D eigenvalue weighted by atomic mass is 32.2. The number of amides is 2. The first kappa shape index (κ1) is 18.5. The number of carbonyl (C=O) groups excluding carboxylic acids is 2. The number of aromatic amines is 1. The zero-order valence-corrected chi connectivity index (χ0v) is 15.2. The molecule has 2 amide bonds. The number of hydrogen-bond acceptors (Lipinski definition) is 6. The first-order chi connectivity index (χ1) is 12.8. The van der Waals surface area contributed by atoms with E-state index in [-0.39, 0.29) is 16.0 Å². The molecular weight excluding hydrogens is 372 g/mol. The van der Waals surface area contributed by atoms with Crippen LogP contribution in [0.15, 0.2) is 47.4 Å². The molecule has 2 aromatic carbocycles. The predicted octanol–water partition coefficient (Wildman–Crippen LogP) is 0.283. The molecule has 3 N–H and O–H groups in total. The van der Waals surface area contributed by atoms with E-state index in [4.69, 9.17) is 0 Å². The van der Waals surface area contributed by atoms with Gasteiger partial charge < -0.3 is 0 Å². The Labute approximate surface area is 154 Å². The van der Waals surface area contributed by atoms with Gasteiger partial charge in [-0.1, -0.05) is 6.07 Å². The number of sulfonamides is 1. The van der Waals surface area contributed by atoms with Crippen LogP contribution in [0.25, 0.3) is 11.0 Å². The molecule has 140 valence electrons. The van der Waals surface area contributed by atoms with E-state index < -0.39 is 21.8 Å². The van der Waals surface area contributed by atoms with Gasteiger partial charge in [0.1, 0.15) is 11.0 Å². The van der Waals surface area contributed by atoms with Crippen molar-refractivity contribution in [3.63, 3.8) is 0 Å². The molecular formula is C16H16N6O4S. The molecule has 1 heterocycles. The molecule has 11 heteroatoms. The molecule has 0 radical (unpaired) electrons. The highest BCUT2D eigenvalue weighted by Crippen LogP contribution is 2.15. The second kappa shape index (κ2) is 7.13. The first-order valence-electron chi connectivity index (χ1n) is 7.73. The third-order valence-corrected chi connectivity index (χ3v) is 5.55. The van der Waals surface area contributed by atoms with Gasteiger partial charge in [0.2, 0.25) is 10.0 Å². The Morgan fingerprint density at radius 2 is 1.56 bits per heavy atom. The lowest BCUT2D eigenvalue weighted by molar-refractivity contribution is 0.0846. The summed E-state index contributed by atoms with van der Waals surface area (Å²) >= 11 is 0. The number of benzene rings is 2. The minimum atomic E-state index is -3.67. The van der Waals surface area contributed by atoms with E-state index in [1.165, 1.54) is 50.5 Å². The predicted molar refractivity (Wildman–Crippen MR) is 96.1 cm³/mol. The lowest BCUT2D eigenvalue weighted by atomic mass is 10.2. The molecule has 0 aliphatic rings. The van der Waals surface area contributed by atoms with Crippen molar-refractivity contribution in [1.82, 2.24) is 30.6 Å². The molecule has 10 nitrogen and oxygen atoms in total. The Hall–Kier alpha value is -3.31. The molecule has 0 unspecified atom stereocenters. The van der Waals surface area contributed by atoms with Crippen molar-refractivity contribution < 1.29 is 18.0 Å². The molecule has 0 atom stereocenters. The number of carbonyl (C=O) groups is 2. The molecule has 0 fully saturated rings. The third kappa shape index (κ3) is 3.78.